The second-order valence-corrected chi connectivity index (χ2v) is 5.64. The third kappa shape index (κ3) is 2.88. The Morgan fingerprint density at radius 3 is 2.26 bits per heavy atom. The van der Waals surface area contributed by atoms with Gasteiger partial charge >= 0.3 is 0 Å². The number of benzene rings is 2. The Balaban J connectivity index is 2.10. The molecule has 0 saturated carbocycles. The molecule has 3 rings (SSSR count). The van der Waals surface area contributed by atoms with Crippen molar-refractivity contribution in [3.8, 4) is 0 Å². The number of fused-ring (bicyclic) bond motifs is 1. The lowest BCUT2D eigenvalue weighted by atomic mass is 10.1. The van der Waals surface area contributed by atoms with E-state index in [0.717, 1.165) is 22.3 Å². The molecule has 23 heavy (non-hydrogen) atoms. The molecule has 1 heterocycles. The lowest BCUT2D eigenvalue weighted by molar-refractivity contribution is 0.0989. The molecule has 1 amide bonds. The number of pyridine rings is 1. The van der Waals surface area contributed by atoms with E-state index in [1.165, 1.54) is 0 Å². The van der Waals surface area contributed by atoms with Gasteiger partial charge in [-0.3, -0.25) is 4.79 Å². The van der Waals surface area contributed by atoms with Gasteiger partial charge in [0.2, 0.25) is 0 Å². The van der Waals surface area contributed by atoms with E-state index in [-0.39, 0.29) is 5.91 Å². The van der Waals surface area contributed by atoms with Gasteiger partial charge < -0.3 is 9.80 Å². The maximum Gasteiger partial charge on any atom is 0.278 e. The standard InChI is InChI=1S/C19H19N3O/c1-21(2)17-13-14-9-7-8-12-16(14)20-18(17)19(23)22(3)15-10-5-4-6-11-15/h4-13H,1-3H3. The normalized spacial score (nSPS) is 10.6. The summed E-state index contributed by atoms with van der Waals surface area (Å²) in [6.07, 6.45) is 0. The van der Waals surface area contributed by atoms with Crippen molar-refractivity contribution in [2.45, 2.75) is 0 Å². The quantitative estimate of drug-likeness (QED) is 0.742. The summed E-state index contributed by atoms with van der Waals surface area (Å²) in [7, 11) is 5.62. The highest BCUT2D eigenvalue weighted by Crippen LogP contribution is 2.25. The highest BCUT2D eigenvalue weighted by Gasteiger charge is 2.20. The van der Waals surface area contributed by atoms with E-state index in [1.54, 1.807) is 11.9 Å². The van der Waals surface area contributed by atoms with Crippen molar-refractivity contribution in [1.29, 1.82) is 0 Å². The Bertz CT molecular complexity index is 844. The van der Waals surface area contributed by atoms with E-state index in [1.807, 2.05) is 79.7 Å². The van der Waals surface area contributed by atoms with Crippen LogP contribution in [0.3, 0.4) is 0 Å². The second kappa shape index (κ2) is 6.08. The molecule has 0 N–H and O–H groups in total. The average molecular weight is 305 g/mol. The third-order valence-corrected chi connectivity index (χ3v) is 3.84. The van der Waals surface area contributed by atoms with Crippen LogP contribution in [0.1, 0.15) is 10.5 Å². The minimum atomic E-state index is -0.120. The first-order chi connectivity index (χ1) is 11.1. The van der Waals surface area contributed by atoms with Crippen LogP contribution in [0, 0.1) is 0 Å². The third-order valence-electron chi connectivity index (χ3n) is 3.84. The second-order valence-electron chi connectivity index (χ2n) is 5.64. The Morgan fingerprint density at radius 2 is 1.57 bits per heavy atom. The molecule has 4 nitrogen and oxygen atoms in total. The average Bonchev–Trinajstić information content (AvgIpc) is 2.60. The first-order valence-electron chi connectivity index (χ1n) is 7.48. The summed E-state index contributed by atoms with van der Waals surface area (Å²) in [4.78, 5) is 21.1. The molecule has 0 saturated heterocycles. The number of carbonyl (C=O) groups is 1. The molecule has 0 fully saturated rings. The number of carbonyl (C=O) groups excluding carboxylic acids is 1. The number of anilines is 2. The summed E-state index contributed by atoms with van der Waals surface area (Å²) < 4.78 is 0. The van der Waals surface area contributed by atoms with Crippen molar-refractivity contribution in [3.63, 3.8) is 0 Å². The fraction of sp³-hybridized carbons (Fsp3) is 0.158. The Kier molecular flexibility index (Phi) is 3.98. The van der Waals surface area contributed by atoms with Gasteiger partial charge in [0.15, 0.2) is 5.69 Å². The molecule has 2 aromatic carbocycles. The van der Waals surface area contributed by atoms with Crippen LogP contribution < -0.4 is 9.80 Å². The Labute approximate surface area is 136 Å². The molecule has 0 aliphatic rings. The number of hydrogen-bond acceptors (Lipinski definition) is 3. The topological polar surface area (TPSA) is 36.4 Å². The molecule has 0 radical (unpaired) electrons. The number of amides is 1. The molecular formula is C19H19N3O. The highest BCUT2D eigenvalue weighted by molar-refractivity contribution is 6.09. The molecule has 0 unspecified atom stereocenters. The van der Waals surface area contributed by atoms with Crippen LogP contribution in [0.25, 0.3) is 10.9 Å². The van der Waals surface area contributed by atoms with Crippen molar-refractivity contribution in [3.05, 3.63) is 66.4 Å². The van der Waals surface area contributed by atoms with Gasteiger partial charge in [-0.2, -0.15) is 0 Å². The van der Waals surface area contributed by atoms with E-state index in [2.05, 4.69) is 4.98 Å². The predicted octanol–water partition coefficient (Wildman–Crippen LogP) is 3.58. The van der Waals surface area contributed by atoms with E-state index in [0.29, 0.717) is 5.69 Å². The summed E-state index contributed by atoms with van der Waals surface area (Å²) in [5, 5.41) is 1.02. The molecule has 116 valence electrons. The molecule has 3 aromatic rings. The van der Waals surface area contributed by atoms with Gasteiger partial charge in [-0.1, -0.05) is 36.4 Å². The van der Waals surface area contributed by atoms with E-state index in [4.69, 9.17) is 0 Å². The zero-order chi connectivity index (χ0) is 16.4. The molecule has 0 bridgehead atoms. The van der Waals surface area contributed by atoms with Crippen molar-refractivity contribution >= 4 is 28.2 Å². The van der Waals surface area contributed by atoms with Gasteiger partial charge in [-0.05, 0) is 24.3 Å². The maximum absolute atomic E-state index is 13.0. The summed E-state index contributed by atoms with van der Waals surface area (Å²) >= 11 is 0. The van der Waals surface area contributed by atoms with E-state index < -0.39 is 0 Å². The van der Waals surface area contributed by atoms with Crippen LogP contribution in [0.2, 0.25) is 0 Å². The zero-order valence-electron chi connectivity index (χ0n) is 13.5. The molecule has 0 aliphatic heterocycles. The fourth-order valence-electron chi connectivity index (χ4n) is 2.53. The smallest absolute Gasteiger partial charge is 0.278 e. The zero-order valence-corrected chi connectivity index (χ0v) is 13.5. The lowest BCUT2D eigenvalue weighted by Gasteiger charge is -2.22. The van der Waals surface area contributed by atoms with Crippen molar-refractivity contribution in [2.24, 2.45) is 0 Å². The van der Waals surface area contributed by atoms with E-state index in [9.17, 15) is 4.79 Å². The molecule has 1 aromatic heterocycles. The Hall–Kier alpha value is -2.88. The first-order valence-corrected chi connectivity index (χ1v) is 7.48. The van der Waals surface area contributed by atoms with Crippen molar-refractivity contribution in [2.75, 3.05) is 30.9 Å². The van der Waals surface area contributed by atoms with Crippen LogP contribution >= 0.6 is 0 Å². The summed E-state index contributed by atoms with van der Waals surface area (Å²) in [5.41, 5.74) is 2.94. The highest BCUT2D eigenvalue weighted by atomic mass is 16.2. The van der Waals surface area contributed by atoms with Gasteiger partial charge in [0.1, 0.15) is 0 Å². The number of aromatic nitrogens is 1. The summed E-state index contributed by atoms with van der Waals surface area (Å²) in [6.45, 7) is 0. The fourth-order valence-corrected chi connectivity index (χ4v) is 2.53. The number of para-hydroxylation sites is 2. The van der Waals surface area contributed by atoms with Crippen LogP contribution in [0.4, 0.5) is 11.4 Å². The van der Waals surface area contributed by atoms with Gasteiger partial charge in [0, 0.05) is 32.2 Å². The first kappa shape index (κ1) is 15.0. The molecule has 0 aliphatic carbocycles. The monoisotopic (exact) mass is 305 g/mol. The van der Waals surface area contributed by atoms with Crippen molar-refractivity contribution in [1.82, 2.24) is 4.98 Å². The van der Waals surface area contributed by atoms with Gasteiger partial charge in [0.05, 0.1) is 11.2 Å². The van der Waals surface area contributed by atoms with E-state index >= 15 is 0 Å². The summed E-state index contributed by atoms with van der Waals surface area (Å²) in [6, 6.07) is 19.4. The molecule has 0 spiro atoms. The molecular weight excluding hydrogens is 286 g/mol. The minimum absolute atomic E-state index is 0.120. The maximum atomic E-state index is 13.0. The minimum Gasteiger partial charge on any atom is -0.376 e. The van der Waals surface area contributed by atoms with Crippen LogP contribution in [0.5, 0.6) is 0 Å². The van der Waals surface area contributed by atoms with Crippen LogP contribution in [0.15, 0.2) is 60.7 Å². The predicted molar refractivity (Wildman–Crippen MR) is 95.2 cm³/mol. The van der Waals surface area contributed by atoms with Crippen LogP contribution in [-0.2, 0) is 0 Å². The van der Waals surface area contributed by atoms with Gasteiger partial charge in [0.25, 0.3) is 5.91 Å². The largest absolute Gasteiger partial charge is 0.376 e. The molecule has 0 atom stereocenters. The number of rotatable bonds is 3. The summed E-state index contributed by atoms with van der Waals surface area (Å²) in [5.74, 6) is -0.120. The van der Waals surface area contributed by atoms with Gasteiger partial charge in [-0.25, -0.2) is 4.98 Å². The molecule has 4 heteroatoms. The number of hydrogen-bond donors (Lipinski definition) is 0. The SMILES string of the molecule is CN(C)c1cc2ccccc2nc1C(=O)N(C)c1ccccc1. The van der Waals surface area contributed by atoms with Crippen LogP contribution in [-0.4, -0.2) is 32.0 Å². The Morgan fingerprint density at radius 1 is 0.913 bits per heavy atom. The number of nitrogens with zero attached hydrogens (tertiary/aromatic N) is 3. The van der Waals surface area contributed by atoms with Crippen molar-refractivity contribution < 1.29 is 4.79 Å². The van der Waals surface area contributed by atoms with Gasteiger partial charge in [-0.15, -0.1) is 0 Å². The lowest BCUT2D eigenvalue weighted by Crippen LogP contribution is -2.29.